The number of rotatable bonds is 58. The van der Waals surface area contributed by atoms with Gasteiger partial charge in [0, 0.05) is 6.42 Å². The molecule has 2 N–H and O–H groups in total. The Balaban J connectivity index is 4.89. The topological polar surface area (TPSA) is 66.8 Å². The van der Waals surface area contributed by atoms with Crippen molar-refractivity contribution in [1.82, 2.24) is 0 Å². The molecule has 0 spiro atoms. The van der Waals surface area contributed by atoms with Gasteiger partial charge >= 0.3 is 5.97 Å². The summed E-state index contributed by atoms with van der Waals surface area (Å²) in [6.07, 6.45) is 77.6. The number of esters is 1. The molecule has 0 heterocycles. The van der Waals surface area contributed by atoms with Crippen LogP contribution in [0.25, 0.3) is 0 Å². The van der Waals surface area contributed by atoms with E-state index in [-0.39, 0.29) is 19.2 Å². The van der Waals surface area contributed by atoms with E-state index in [1.807, 2.05) is 0 Å². The molecule has 0 aliphatic carbocycles. The van der Waals surface area contributed by atoms with E-state index in [1.165, 1.54) is 315 Å². The van der Waals surface area contributed by atoms with Crippen LogP contribution in [0.2, 0.25) is 0 Å². The van der Waals surface area contributed by atoms with Crippen molar-refractivity contribution in [2.75, 3.05) is 13.2 Å². The van der Waals surface area contributed by atoms with Crippen LogP contribution in [0.1, 0.15) is 361 Å². The number of unbranched alkanes of at least 4 members (excludes halogenated alkanes) is 43. The average Bonchev–Trinajstić information content (AvgIpc) is 3.34. The third-order valence-electron chi connectivity index (χ3n) is 15.3. The normalized spacial score (nSPS) is 12.5. The predicted octanol–water partition coefficient (Wildman–Crippen LogP) is 21.2. The average molecular weight is 946 g/mol. The van der Waals surface area contributed by atoms with Crippen LogP contribution in [-0.2, 0) is 9.53 Å². The first-order valence-electron chi connectivity index (χ1n) is 31.1. The van der Waals surface area contributed by atoms with Gasteiger partial charge in [0.05, 0.1) is 6.61 Å². The third kappa shape index (κ3) is 51.3. The summed E-state index contributed by atoms with van der Waals surface area (Å²) in [5.41, 5.74) is 0.606. The zero-order valence-electron chi connectivity index (χ0n) is 46.3. The summed E-state index contributed by atoms with van der Waals surface area (Å²) in [5, 5.41) is 18.1. The summed E-state index contributed by atoms with van der Waals surface area (Å²) < 4.78 is 4.98. The summed E-state index contributed by atoms with van der Waals surface area (Å²) in [6, 6.07) is 0. The van der Waals surface area contributed by atoms with Gasteiger partial charge in [-0.2, -0.15) is 0 Å². The summed E-state index contributed by atoms with van der Waals surface area (Å²) in [7, 11) is 0. The van der Waals surface area contributed by atoms with Crippen LogP contribution in [0, 0.1) is 5.41 Å². The molecule has 0 amide bonds. The van der Waals surface area contributed by atoms with E-state index in [9.17, 15) is 9.90 Å². The highest BCUT2D eigenvalue weighted by atomic mass is 16.5. The van der Waals surface area contributed by atoms with Gasteiger partial charge in [0.1, 0.15) is 12.7 Å². The number of aliphatic hydroxyl groups is 2. The number of hydrogen-bond donors (Lipinski definition) is 2. The Hall–Kier alpha value is -0.870. The van der Waals surface area contributed by atoms with Crippen LogP contribution in [0.4, 0.5) is 0 Å². The SMILES string of the molecule is CCCCCCCCCCCCCCC(CCCCCCC/C=C\CCCCCCCC(=O)OCC(O)CO)(CCCCCCCCCCCCCC)CCCCCCCCCCCCCC. The predicted molar refractivity (Wildman–Crippen MR) is 297 cm³/mol. The molecule has 0 aliphatic rings. The monoisotopic (exact) mass is 945 g/mol. The maximum Gasteiger partial charge on any atom is 0.305 e. The van der Waals surface area contributed by atoms with E-state index in [0.29, 0.717) is 11.8 Å². The Morgan fingerprint density at radius 3 is 0.881 bits per heavy atom. The van der Waals surface area contributed by atoms with E-state index in [1.54, 1.807) is 0 Å². The van der Waals surface area contributed by atoms with Crippen molar-refractivity contribution in [1.29, 1.82) is 0 Å². The van der Waals surface area contributed by atoms with Gasteiger partial charge in [0.15, 0.2) is 0 Å². The van der Waals surface area contributed by atoms with Gasteiger partial charge in [-0.05, 0) is 63.2 Å². The fraction of sp³-hybridized carbons (Fsp3) is 0.952. The van der Waals surface area contributed by atoms with Gasteiger partial charge in [0.25, 0.3) is 0 Å². The van der Waals surface area contributed by atoms with Gasteiger partial charge in [-0.15, -0.1) is 0 Å². The molecule has 0 aromatic heterocycles. The van der Waals surface area contributed by atoms with Crippen molar-refractivity contribution in [3.05, 3.63) is 12.2 Å². The van der Waals surface area contributed by atoms with Gasteiger partial charge in [-0.3, -0.25) is 4.79 Å². The first-order valence-corrected chi connectivity index (χ1v) is 31.1. The molecular weight excluding hydrogens is 821 g/mol. The molecule has 0 aliphatic heterocycles. The Morgan fingerprint density at radius 2 is 0.612 bits per heavy atom. The molecule has 0 aromatic carbocycles. The standard InChI is InChI=1S/C63H124O4/c1-4-7-10-13-16-19-22-30-35-40-45-50-55-63(56-51-46-41-36-31-23-20-17-14-11-8-5-2,57-52-47-42-37-32-24-21-18-15-12-9-6-3)58-53-48-43-38-33-28-26-25-27-29-34-39-44-49-54-62(66)67-60-61(65)59-64/h25-26,61,64-65H,4-24,27-60H2,1-3H3/b26-25-. The molecule has 4 heteroatoms. The lowest BCUT2D eigenvalue weighted by Crippen LogP contribution is -2.21. The molecule has 4 nitrogen and oxygen atoms in total. The zero-order valence-corrected chi connectivity index (χ0v) is 46.3. The molecule has 0 rings (SSSR count). The van der Waals surface area contributed by atoms with Crippen LogP contribution in [-0.4, -0.2) is 35.5 Å². The summed E-state index contributed by atoms with van der Waals surface area (Å²) in [6.45, 7) is 6.49. The number of carbonyl (C=O) groups excluding carboxylic acids is 1. The van der Waals surface area contributed by atoms with Gasteiger partial charge in [-0.25, -0.2) is 0 Å². The lowest BCUT2D eigenvalue weighted by molar-refractivity contribution is -0.147. The highest BCUT2D eigenvalue weighted by Crippen LogP contribution is 2.42. The van der Waals surface area contributed by atoms with E-state index < -0.39 is 6.10 Å². The molecule has 0 aromatic rings. The summed E-state index contributed by atoms with van der Waals surface area (Å²) >= 11 is 0. The number of allylic oxidation sites excluding steroid dienone is 2. The van der Waals surface area contributed by atoms with Crippen LogP contribution < -0.4 is 0 Å². The van der Waals surface area contributed by atoms with Crippen LogP contribution >= 0.6 is 0 Å². The second-order valence-electron chi connectivity index (χ2n) is 22.0. The third-order valence-corrected chi connectivity index (χ3v) is 15.3. The number of aliphatic hydroxyl groups excluding tert-OH is 2. The van der Waals surface area contributed by atoms with E-state index in [2.05, 4.69) is 32.9 Å². The number of hydrogen-bond acceptors (Lipinski definition) is 4. The van der Waals surface area contributed by atoms with Crippen molar-refractivity contribution >= 4 is 5.97 Å². The largest absolute Gasteiger partial charge is 0.463 e. The first kappa shape index (κ1) is 66.1. The van der Waals surface area contributed by atoms with Crippen LogP contribution in [0.5, 0.6) is 0 Å². The lowest BCUT2D eigenvalue weighted by Gasteiger charge is -2.35. The first-order chi connectivity index (χ1) is 33.0. The fourth-order valence-electron chi connectivity index (χ4n) is 10.7. The Morgan fingerprint density at radius 1 is 0.373 bits per heavy atom. The molecule has 0 saturated heterocycles. The van der Waals surface area contributed by atoms with E-state index in [4.69, 9.17) is 9.84 Å². The molecule has 1 unspecified atom stereocenters. The van der Waals surface area contributed by atoms with E-state index >= 15 is 0 Å². The van der Waals surface area contributed by atoms with Crippen molar-refractivity contribution in [2.45, 2.75) is 367 Å². The highest BCUT2D eigenvalue weighted by molar-refractivity contribution is 5.69. The minimum atomic E-state index is -0.969. The minimum Gasteiger partial charge on any atom is -0.463 e. The maximum absolute atomic E-state index is 11.7. The maximum atomic E-state index is 11.7. The van der Waals surface area contributed by atoms with Crippen LogP contribution in [0.3, 0.4) is 0 Å². The second-order valence-corrected chi connectivity index (χ2v) is 22.0. The minimum absolute atomic E-state index is 0.110. The molecule has 0 bridgehead atoms. The Bertz CT molecular complexity index is 892. The molecule has 0 radical (unpaired) electrons. The second kappa shape index (κ2) is 56.0. The molecule has 0 saturated carbocycles. The van der Waals surface area contributed by atoms with Crippen molar-refractivity contribution in [3.8, 4) is 0 Å². The van der Waals surface area contributed by atoms with E-state index in [0.717, 1.165) is 19.3 Å². The highest BCUT2D eigenvalue weighted by Gasteiger charge is 2.28. The number of ether oxygens (including phenoxy) is 1. The molecule has 0 fully saturated rings. The summed E-state index contributed by atoms with van der Waals surface area (Å²) in [5.74, 6) is -0.274. The van der Waals surface area contributed by atoms with Crippen molar-refractivity contribution in [2.24, 2.45) is 5.41 Å². The van der Waals surface area contributed by atoms with Gasteiger partial charge in [-0.1, -0.05) is 309 Å². The molecule has 67 heavy (non-hydrogen) atoms. The lowest BCUT2D eigenvalue weighted by atomic mass is 9.70. The molecular formula is C63H124O4. The Kier molecular flexibility index (Phi) is 55.3. The zero-order chi connectivity index (χ0) is 48.7. The van der Waals surface area contributed by atoms with Crippen molar-refractivity contribution in [3.63, 3.8) is 0 Å². The molecule has 400 valence electrons. The smallest absolute Gasteiger partial charge is 0.305 e. The number of carbonyl (C=O) groups is 1. The molecule has 1 atom stereocenters. The summed E-state index contributed by atoms with van der Waals surface area (Å²) in [4.78, 5) is 11.7. The Labute approximate surface area is 422 Å². The van der Waals surface area contributed by atoms with Gasteiger partial charge in [0.2, 0.25) is 0 Å². The fourth-order valence-corrected chi connectivity index (χ4v) is 10.7. The van der Waals surface area contributed by atoms with Crippen molar-refractivity contribution < 1.29 is 19.7 Å². The van der Waals surface area contributed by atoms with Crippen LogP contribution in [0.15, 0.2) is 12.2 Å². The van der Waals surface area contributed by atoms with Gasteiger partial charge < -0.3 is 14.9 Å². The quantitative estimate of drug-likeness (QED) is 0.0362.